The Bertz CT molecular complexity index is 268. The molecule has 6 nitrogen and oxygen atoms in total. The molecule has 0 aromatic carbocycles. The van der Waals surface area contributed by atoms with Crippen LogP contribution in [0.25, 0.3) is 0 Å². The van der Waals surface area contributed by atoms with E-state index in [2.05, 4.69) is 10.7 Å². The van der Waals surface area contributed by atoms with Crippen molar-refractivity contribution in [1.82, 2.24) is 15.6 Å². The van der Waals surface area contributed by atoms with Gasteiger partial charge in [-0.25, -0.2) is 5.84 Å². The van der Waals surface area contributed by atoms with Crippen molar-refractivity contribution in [1.29, 1.82) is 0 Å². The molecule has 1 atom stereocenters. The molecule has 0 saturated carbocycles. The van der Waals surface area contributed by atoms with E-state index in [-0.39, 0.29) is 30.3 Å². The number of hydrogen-bond acceptors (Lipinski definition) is 4. The molecule has 1 fully saturated rings. The Labute approximate surface area is 95.5 Å². The van der Waals surface area contributed by atoms with Gasteiger partial charge in [-0.2, -0.15) is 0 Å². The minimum Gasteiger partial charge on any atom is -0.355 e. The van der Waals surface area contributed by atoms with Crippen LogP contribution in [0.1, 0.15) is 20.3 Å². The highest BCUT2D eigenvalue weighted by Gasteiger charge is 2.30. The molecule has 0 bridgehead atoms. The number of hydrazine groups is 1. The summed E-state index contributed by atoms with van der Waals surface area (Å²) in [5.41, 5.74) is 2.17. The fourth-order valence-corrected chi connectivity index (χ4v) is 2.04. The number of rotatable bonds is 3. The first-order chi connectivity index (χ1) is 7.56. The number of amides is 2. The lowest BCUT2D eigenvalue weighted by Gasteiger charge is -2.30. The number of nitrogens with two attached hydrogens (primary N) is 1. The smallest absolute Gasteiger partial charge is 0.251 e. The van der Waals surface area contributed by atoms with Crippen molar-refractivity contribution in [3.05, 3.63) is 0 Å². The van der Waals surface area contributed by atoms with Gasteiger partial charge in [-0.1, -0.05) is 13.8 Å². The summed E-state index contributed by atoms with van der Waals surface area (Å²) in [6, 6.07) is -0.339. The Balaban J connectivity index is 2.75. The van der Waals surface area contributed by atoms with Crippen LogP contribution in [-0.2, 0) is 9.59 Å². The minimum absolute atomic E-state index is 0.0343. The number of nitrogens with zero attached hydrogens (tertiary/aromatic N) is 1. The number of carbonyl (C=O) groups is 2. The first-order valence-corrected chi connectivity index (χ1v) is 5.57. The fraction of sp³-hybridized carbons (Fsp3) is 0.800. The first-order valence-electron chi connectivity index (χ1n) is 5.57. The first kappa shape index (κ1) is 12.9. The van der Waals surface area contributed by atoms with Gasteiger partial charge < -0.3 is 5.32 Å². The monoisotopic (exact) mass is 228 g/mol. The lowest BCUT2D eigenvalue weighted by molar-refractivity contribution is -0.129. The molecule has 4 N–H and O–H groups in total. The van der Waals surface area contributed by atoms with E-state index in [1.165, 1.54) is 0 Å². The van der Waals surface area contributed by atoms with Crippen LogP contribution in [0.3, 0.4) is 0 Å². The fourth-order valence-electron chi connectivity index (χ4n) is 2.04. The van der Waals surface area contributed by atoms with E-state index in [9.17, 15) is 9.59 Å². The van der Waals surface area contributed by atoms with E-state index in [4.69, 9.17) is 5.84 Å². The van der Waals surface area contributed by atoms with Crippen LogP contribution < -0.4 is 16.6 Å². The van der Waals surface area contributed by atoms with Gasteiger partial charge in [0.15, 0.2) is 0 Å². The third kappa shape index (κ3) is 3.18. The van der Waals surface area contributed by atoms with Gasteiger partial charge in [-0.15, -0.1) is 0 Å². The normalized spacial score (nSPS) is 20.1. The number of carbonyl (C=O) groups excluding carboxylic acids is 2. The summed E-state index contributed by atoms with van der Waals surface area (Å²) in [7, 11) is 0. The minimum atomic E-state index is -0.339. The zero-order valence-electron chi connectivity index (χ0n) is 9.82. The van der Waals surface area contributed by atoms with Crippen LogP contribution in [0, 0.1) is 5.92 Å². The van der Waals surface area contributed by atoms with Crippen LogP contribution in [0.5, 0.6) is 0 Å². The van der Waals surface area contributed by atoms with Gasteiger partial charge in [-0.3, -0.25) is 19.9 Å². The van der Waals surface area contributed by atoms with E-state index >= 15 is 0 Å². The van der Waals surface area contributed by atoms with Gasteiger partial charge in [0.05, 0.1) is 12.6 Å². The van der Waals surface area contributed by atoms with Crippen LogP contribution in [0.4, 0.5) is 0 Å². The molecule has 0 aromatic rings. The summed E-state index contributed by atoms with van der Waals surface area (Å²) in [6.45, 7) is 5.56. The molecule has 1 heterocycles. The van der Waals surface area contributed by atoms with Crippen LogP contribution >= 0.6 is 0 Å². The van der Waals surface area contributed by atoms with E-state index in [0.717, 1.165) is 13.0 Å². The second kappa shape index (κ2) is 5.81. The lowest BCUT2D eigenvalue weighted by Crippen LogP contribution is -2.53. The molecule has 1 aliphatic heterocycles. The van der Waals surface area contributed by atoms with Crippen molar-refractivity contribution in [3.8, 4) is 0 Å². The van der Waals surface area contributed by atoms with E-state index in [1.807, 2.05) is 18.7 Å². The van der Waals surface area contributed by atoms with Gasteiger partial charge in [0.2, 0.25) is 5.91 Å². The molecule has 0 spiro atoms. The Kier molecular flexibility index (Phi) is 4.70. The van der Waals surface area contributed by atoms with Gasteiger partial charge in [0.25, 0.3) is 5.91 Å². The SMILES string of the molecule is CC(C)C(C(=O)NN)N1CCCNC(=O)C1. The Hall–Kier alpha value is -1.14. The summed E-state index contributed by atoms with van der Waals surface area (Å²) < 4.78 is 0. The lowest BCUT2D eigenvalue weighted by atomic mass is 10.0. The van der Waals surface area contributed by atoms with Crippen molar-refractivity contribution in [2.75, 3.05) is 19.6 Å². The van der Waals surface area contributed by atoms with E-state index in [0.29, 0.717) is 6.54 Å². The third-order valence-corrected chi connectivity index (χ3v) is 2.73. The molecule has 0 aliphatic carbocycles. The van der Waals surface area contributed by atoms with Crippen LogP contribution in [-0.4, -0.2) is 42.4 Å². The molecule has 92 valence electrons. The van der Waals surface area contributed by atoms with Crippen molar-refractivity contribution in [2.45, 2.75) is 26.3 Å². The van der Waals surface area contributed by atoms with E-state index in [1.54, 1.807) is 0 Å². The third-order valence-electron chi connectivity index (χ3n) is 2.73. The maximum Gasteiger partial charge on any atom is 0.251 e. The van der Waals surface area contributed by atoms with Crippen molar-refractivity contribution in [2.24, 2.45) is 11.8 Å². The standard InChI is InChI=1S/C10H20N4O2/c1-7(2)9(10(16)13-11)14-5-3-4-12-8(15)6-14/h7,9H,3-6,11H2,1-2H3,(H,12,15)(H,13,16). The van der Waals surface area contributed by atoms with Gasteiger partial charge in [0.1, 0.15) is 0 Å². The highest BCUT2D eigenvalue weighted by Crippen LogP contribution is 2.12. The molecule has 0 radical (unpaired) electrons. The predicted molar refractivity (Wildman–Crippen MR) is 60.2 cm³/mol. The maximum atomic E-state index is 11.7. The molecule has 1 unspecified atom stereocenters. The maximum absolute atomic E-state index is 11.7. The van der Waals surface area contributed by atoms with Crippen molar-refractivity contribution >= 4 is 11.8 Å². The summed E-state index contributed by atoms with van der Waals surface area (Å²) in [6.07, 6.45) is 0.854. The molecule has 1 saturated heterocycles. The number of nitrogens with one attached hydrogen (secondary N) is 2. The second-order valence-corrected chi connectivity index (χ2v) is 4.37. The predicted octanol–water partition coefficient (Wildman–Crippen LogP) is -1.18. The molecular formula is C10H20N4O2. The quantitative estimate of drug-likeness (QED) is 0.322. The Morgan fingerprint density at radius 3 is 2.81 bits per heavy atom. The molecular weight excluding hydrogens is 208 g/mol. The van der Waals surface area contributed by atoms with Crippen molar-refractivity contribution < 1.29 is 9.59 Å². The Morgan fingerprint density at radius 1 is 1.56 bits per heavy atom. The van der Waals surface area contributed by atoms with Gasteiger partial charge in [-0.05, 0) is 12.3 Å². The molecule has 6 heteroatoms. The highest BCUT2D eigenvalue weighted by atomic mass is 16.2. The summed E-state index contributed by atoms with van der Waals surface area (Å²) in [5.74, 6) is 5.02. The Morgan fingerprint density at radius 2 is 2.25 bits per heavy atom. The largest absolute Gasteiger partial charge is 0.355 e. The van der Waals surface area contributed by atoms with Crippen LogP contribution in [0.15, 0.2) is 0 Å². The number of hydrogen-bond donors (Lipinski definition) is 3. The zero-order chi connectivity index (χ0) is 12.1. The molecule has 2 amide bonds. The van der Waals surface area contributed by atoms with Gasteiger partial charge >= 0.3 is 0 Å². The zero-order valence-corrected chi connectivity index (χ0v) is 9.82. The molecule has 1 rings (SSSR count). The summed E-state index contributed by atoms with van der Waals surface area (Å²) in [5, 5.41) is 2.78. The van der Waals surface area contributed by atoms with Crippen molar-refractivity contribution in [3.63, 3.8) is 0 Å². The highest BCUT2D eigenvalue weighted by molar-refractivity contribution is 5.83. The molecule has 16 heavy (non-hydrogen) atoms. The van der Waals surface area contributed by atoms with Gasteiger partial charge in [0, 0.05) is 13.1 Å². The summed E-state index contributed by atoms with van der Waals surface area (Å²) >= 11 is 0. The summed E-state index contributed by atoms with van der Waals surface area (Å²) in [4.78, 5) is 25.0. The molecule has 0 aromatic heterocycles. The average molecular weight is 228 g/mol. The van der Waals surface area contributed by atoms with E-state index < -0.39 is 0 Å². The second-order valence-electron chi connectivity index (χ2n) is 4.37. The van der Waals surface area contributed by atoms with Crippen LogP contribution in [0.2, 0.25) is 0 Å². The average Bonchev–Trinajstić information content (AvgIpc) is 2.42. The topological polar surface area (TPSA) is 87.5 Å². The molecule has 1 aliphatic rings.